The van der Waals surface area contributed by atoms with Gasteiger partial charge in [-0.25, -0.2) is 121 Å². The summed E-state index contributed by atoms with van der Waals surface area (Å²) in [7, 11) is 5.99. The predicted octanol–water partition coefficient (Wildman–Crippen LogP) is 15.9. The summed E-state index contributed by atoms with van der Waals surface area (Å²) >= 11 is 5.34. The Kier molecular flexibility index (Phi) is 27.7. The zero-order valence-corrected chi connectivity index (χ0v) is 77.3. The van der Waals surface area contributed by atoms with Gasteiger partial charge in [0.1, 0.15) is 122 Å². The van der Waals surface area contributed by atoms with Gasteiger partial charge >= 0.3 is 24.0 Å². The number of benzene rings is 3. The number of fused-ring (bicyclic) bond motifs is 6. The van der Waals surface area contributed by atoms with Crippen molar-refractivity contribution in [2.45, 2.75) is 85.2 Å². The largest absolute Gasteiger partial charge is 0.467 e. The van der Waals surface area contributed by atoms with E-state index in [-0.39, 0.29) is 64.7 Å². The van der Waals surface area contributed by atoms with Gasteiger partial charge in [0.15, 0.2) is 0 Å². The van der Waals surface area contributed by atoms with Crippen LogP contribution in [0.4, 0.5) is 49.5 Å². The predicted molar refractivity (Wildman–Crippen MR) is 510 cm³/mol. The van der Waals surface area contributed by atoms with Crippen LogP contribution in [0, 0.1) is 38.5 Å². The number of nitrogens with zero attached hydrogens (tertiary/aromatic N) is 24. The molecule has 1 aliphatic heterocycles. The lowest BCUT2D eigenvalue weighted by Crippen LogP contribution is -2.41. The summed E-state index contributed by atoms with van der Waals surface area (Å²) < 4.78 is 115. The molecular weight excluding hydrogens is 1960 g/mol. The van der Waals surface area contributed by atoms with Crippen molar-refractivity contribution in [1.29, 1.82) is 0 Å². The van der Waals surface area contributed by atoms with Crippen molar-refractivity contribution in [2.75, 3.05) is 50.9 Å². The first-order valence-corrected chi connectivity index (χ1v) is 42.8. The van der Waals surface area contributed by atoms with Gasteiger partial charge in [-0.3, -0.25) is 27.6 Å². The molecule has 0 amide bonds. The minimum absolute atomic E-state index is 0. The van der Waals surface area contributed by atoms with Crippen LogP contribution >= 0.6 is 38.5 Å². The Labute approximate surface area is 795 Å². The highest BCUT2D eigenvalue weighted by Gasteiger charge is 2.50. The average molecular weight is 2040 g/mol. The molecule has 19 aromatic rings. The van der Waals surface area contributed by atoms with Crippen molar-refractivity contribution in [2.24, 2.45) is 0 Å². The zero-order valence-electron chi connectivity index (χ0n) is 73.6. The van der Waals surface area contributed by atoms with Crippen molar-refractivity contribution in [3.63, 3.8) is 0 Å². The van der Waals surface area contributed by atoms with Crippen molar-refractivity contribution >= 4 is 112 Å². The number of aromatic nitrogens is 23. The number of nitrogens with two attached hydrogens (primary N) is 3. The molecule has 6 N–H and O–H groups in total. The van der Waals surface area contributed by atoms with Gasteiger partial charge in [0.25, 0.3) is 16.7 Å². The van der Waals surface area contributed by atoms with Crippen LogP contribution in [0.1, 0.15) is 91.1 Å². The maximum absolute atomic E-state index is 14.3. The molecule has 44 heteroatoms. The SMILES string of the molecule is C.COc1ncc(-c2cn([C@@H](C)c3nc4ccc(F)cn4c(=O)c3-c3cccc(F)c3)c3ncnc(N)c23)cn1.COc1ncc(-c2cn([C@H](C)c3nc4ccc(F)cn4c(=O)c3-c3cccc(F)c3)c3ncnc(N)c23)cn1.COc1ncc(Br)cn1.COc1ncc(N2OC(C)(C)C(C)(C)O2)cn1.C[C@@H](c1nc2ccc(F)cn2c(=O)c1-c1cccc(F)c1)n1cc(I)c2c(N)ncnc21. The third kappa shape index (κ3) is 19.3. The van der Waals surface area contributed by atoms with E-state index in [1.807, 2.05) is 59.2 Å². The van der Waals surface area contributed by atoms with Gasteiger partial charge in [-0.2, -0.15) is 0 Å². The van der Waals surface area contributed by atoms with Crippen molar-refractivity contribution < 1.29 is 55.0 Å². The second-order valence-corrected chi connectivity index (χ2v) is 33.2. The van der Waals surface area contributed by atoms with Gasteiger partial charge in [0.05, 0.1) is 113 Å². The van der Waals surface area contributed by atoms with Crippen molar-refractivity contribution in [1.82, 2.24) is 112 Å². The molecule has 0 spiro atoms. The number of methoxy groups -OCH3 is 4. The van der Waals surface area contributed by atoms with E-state index in [9.17, 15) is 40.7 Å². The summed E-state index contributed by atoms with van der Waals surface area (Å²) in [6.45, 7) is 13.4. The van der Waals surface area contributed by atoms with Crippen LogP contribution in [-0.4, -0.2) is 151 Å². The monoisotopic (exact) mass is 2040 g/mol. The first-order valence-electron chi connectivity index (χ1n) is 40.9. The van der Waals surface area contributed by atoms with E-state index in [4.69, 9.17) is 55.8 Å². The fourth-order valence-electron chi connectivity index (χ4n) is 14.8. The number of ether oxygens (including phenoxy) is 4. The minimum atomic E-state index is -0.604. The van der Waals surface area contributed by atoms with Crippen LogP contribution in [0.3, 0.4) is 0 Å². The average Bonchev–Trinajstić information content (AvgIpc) is 0.923. The Morgan fingerprint density at radius 2 is 0.679 bits per heavy atom. The van der Waals surface area contributed by atoms with Crippen LogP contribution in [-0.2, 0) is 9.68 Å². The maximum atomic E-state index is 14.3. The molecule has 0 unspecified atom stereocenters. The molecule has 3 aromatic carbocycles. The lowest BCUT2D eigenvalue weighted by atomic mass is 9.90. The highest BCUT2D eigenvalue weighted by atomic mass is 127. The lowest BCUT2D eigenvalue weighted by molar-refractivity contribution is -0.0276. The lowest BCUT2D eigenvalue weighted by Gasteiger charge is -2.26. The maximum Gasteiger partial charge on any atom is 0.316 e. The van der Waals surface area contributed by atoms with Crippen LogP contribution in [0.25, 0.3) is 106 Å². The summed E-state index contributed by atoms with van der Waals surface area (Å²) in [5.41, 5.74) is 24.2. The Hall–Kier alpha value is -16.0. The summed E-state index contributed by atoms with van der Waals surface area (Å²) in [4.78, 5) is 124. The topological polar surface area (TPSA) is 435 Å². The Bertz CT molecular complexity index is 7670. The van der Waals surface area contributed by atoms with Gasteiger partial charge in [-0.05, 0) is 176 Å². The molecule has 36 nitrogen and oxygen atoms in total. The third-order valence-corrected chi connectivity index (χ3v) is 23.4. The van der Waals surface area contributed by atoms with E-state index in [2.05, 4.69) is 113 Å². The summed E-state index contributed by atoms with van der Waals surface area (Å²) in [5, 5.41) is 3.17. The van der Waals surface area contributed by atoms with Gasteiger partial charge in [0.2, 0.25) is 0 Å². The summed E-state index contributed by atoms with van der Waals surface area (Å²) in [6, 6.07) is 24.3. The number of pyridine rings is 3. The molecular formula is C93H81BrF6IN27O9. The molecule has 0 aliphatic carbocycles. The molecule has 16 aromatic heterocycles. The summed E-state index contributed by atoms with van der Waals surface area (Å²) in [6.07, 6.45) is 25.5. The van der Waals surface area contributed by atoms with Crippen molar-refractivity contribution in [3.8, 4) is 79.7 Å². The van der Waals surface area contributed by atoms with E-state index in [0.29, 0.717) is 113 Å². The van der Waals surface area contributed by atoms with Crippen LogP contribution in [0.2, 0.25) is 0 Å². The van der Waals surface area contributed by atoms with E-state index < -0.39 is 80.9 Å². The summed E-state index contributed by atoms with van der Waals surface area (Å²) in [5.74, 6) is -2.50. The van der Waals surface area contributed by atoms with Gasteiger partial charge in [0, 0.05) is 100 Å². The van der Waals surface area contributed by atoms with Crippen molar-refractivity contribution in [3.05, 3.63) is 306 Å². The number of nitrogen functional groups attached to an aromatic ring is 3. The molecule has 1 fully saturated rings. The second-order valence-electron chi connectivity index (χ2n) is 31.2. The van der Waals surface area contributed by atoms with E-state index in [1.165, 1.54) is 144 Å². The van der Waals surface area contributed by atoms with E-state index in [1.54, 1.807) is 89.3 Å². The quantitative estimate of drug-likeness (QED) is 0.0597. The fourth-order valence-corrected chi connectivity index (χ4v) is 15.9. The molecule has 137 heavy (non-hydrogen) atoms. The number of rotatable bonds is 16. The molecule has 1 aliphatic rings. The molecule has 0 bridgehead atoms. The Morgan fingerprint density at radius 1 is 0.380 bits per heavy atom. The molecule has 17 heterocycles. The molecule has 3 atom stereocenters. The Morgan fingerprint density at radius 3 is 1.00 bits per heavy atom. The molecule has 0 saturated carbocycles. The highest BCUT2D eigenvalue weighted by Crippen LogP contribution is 2.43. The molecule has 1 saturated heterocycles. The van der Waals surface area contributed by atoms with Gasteiger partial charge in [-0.15, -0.1) is 5.23 Å². The van der Waals surface area contributed by atoms with Crippen LogP contribution in [0.5, 0.6) is 24.0 Å². The van der Waals surface area contributed by atoms with Gasteiger partial charge in [-0.1, -0.05) is 43.8 Å². The number of anilines is 4. The smallest absolute Gasteiger partial charge is 0.316 e. The third-order valence-electron chi connectivity index (χ3n) is 22.2. The number of hydrogen-bond acceptors (Lipinski definition) is 30. The van der Waals surface area contributed by atoms with Crippen LogP contribution < -0.4 is 58.1 Å². The first kappa shape index (κ1) is 95.6. The standard InChI is InChI=1S/2C27H20F2N8O2.C22H15F2IN6O.C11H17N3O3.C5H5BrN2O.CH4/c2*1-14(36-12-19(16-9-31-27(39-2)32-10-16)22-24(30)33-13-34-25(22)36)23-21(15-4-3-5-17(28)8-15)26(38)37-11-18(29)6-7-20(37)35-23;1-11(30-9-15(25)18-20(26)27-10-28-21(18)30)19-17(12-3-2-4-13(23)7-12)22(32)31-8-14(24)5-6-16(31)29-19;1-10(2)11(3,4)17-14(16-10)8-6-12-9(15-5)13-7-8;1-9-5-7-2-4(6)3-8-5;/h2*3-14H,1-2H3,(H2,30,33,34);2-11H,1H3,(H2,26,27,28);6-7H,1-5H3;2-3H,1H3;1H4/t2*14-;11-;;;/m100.../s1. The normalized spacial score (nSPS) is 13.1. The number of hydrogen-bond donors (Lipinski definition) is 3. The van der Waals surface area contributed by atoms with Crippen LogP contribution in [0.15, 0.2) is 234 Å². The zero-order chi connectivity index (χ0) is 96.5. The highest BCUT2D eigenvalue weighted by molar-refractivity contribution is 14.1. The molecule has 698 valence electrons. The van der Waals surface area contributed by atoms with Gasteiger partial charge < -0.3 is 49.8 Å². The first-order chi connectivity index (χ1) is 65.2. The van der Waals surface area contributed by atoms with E-state index >= 15 is 0 Å². The minimum Gasteiger partial charge on any atom is -0.467 e. The molecule has 0 radical (unpaired) electrons. The Balaban J connectivity index is 0.000000138. The number of halogens is 8. The molecule has 20 rings (SSSR count). The fraction of sp³-hybridized carbons (Fsp3) is 0.183. The van der Waals surface area contributed by atoms with E-state index in [0.717, 1.165) is 39.8 Å². The second kappa shape index (κ2) is 39.7.